The molecule has 2 atom stereocenters. The number of rotatable bonds is 6. The molecule has 1 aromatic carbocycles. The summed E-state index contributed by atoms with van der Waals surface area (Å²) in [5.74, 6) is -0.516. The van der Waals surface area contributed by atoms with Gasteiger partial charge in [0.25, 0.3) is 0 Å². The van der Waals surface area contributed by atoms with Gasteiger partial charge in [-0.1, -0.05) is 6.07 Å². The summed E-state index contributed by atoms with van der Waals surface area (Å²) in [5.41, 5.74) is 0.479. The Kier molecular flexibility index (Phi) is 5.34. The van der Waals surface area contributed by atoms with Gasteiger partial charge in [0.15, 0.2) is 11.6 Å². The van der Waals surface area contributed by atoms with Crippen LogP contribution < -0.4 is 4.74 Å². The summed E-state index contributed by atoms with van der Waals surface area (Å²) in [4.78, 5) is 0. The molecule has 0 fully saturated rings. The Morgan fingerprint density at radius 2 is 2.00 bits per heavy atom. The lowest BCUT2D eigenvalue weighted by molar-refractivity contribution is 0.0316. The summed E-state index contributed by atoms with van der Waals surface area (Å²) in [6.45, 7) is 1.64. The van der Waals surface area contributed by atoms with E-state index in [0.717, 1.165) is 0 Å². The van der Waals surface area contributed by atoms with Crippen molar-refractivity contribution in [3.8, 4) is 5.75 Å². The molecule has 17 heavy (non-hydrogen) atoms. The van der Waals surface area contributed by atoms with Crippen LogP contribution >= 0.6 is 0 Å². The first-order valence-corrected chi connectivity index (χ1v) is 5.32. The SMILES string of the molecule is COCC(O)COc1ccc([C@@H](C)O)cc1F. The molecular formula is C12H17FO4. The third-order valence-electron chi connectivity index (χ3n) is 2.23. The number of benzene rings is 1. The normalized spacial score (nSPS) is 14.4. The quantitative estimate of drug-likeness (QED) is 0.791. The number of halogens is 1. The molecule has 1 unspecified atom stereocenters. The van der Waals surface area contributed by atoms with Crippen LogP contribution in [0.5, 0.6) is 5.75 Å². The molecule has 0 radical (unpaired) electrons. The summed E-state index contributed by atoms with van der Waals surface area (Å²) in [5, 5.41) is 18.6. The fourth-order valence-corrected chi connectivity index (χ4v) is 1.32. The third kappa shape index (κ3) is 4.30. The third-order valence-corrected chi connectivity index (χ3v) is 2.23. The van der Waals surface area contributed by atoms with Gasteiger partial charge in [-0.3, -0.25) is 0 Å². The molecule has 0 aliphatic rings. The molecule has 0 aromatic heterocycles. The van der Waals surface area contributed by atoms with Crippen LogP contribution in [-0.4, -0.2) is 36.6 Å². The van der Waals surface area contributed by atoms with Crippen LogP contribution in [0.2, 0.25) is 0 Å². The van der Waals surface area contributed by atoms with E-state index in [2.05, 4.69) is 0 Å². The van der Waals surface area contributed by atoms with Crippen molar-refractivity contribution in [1.29, 1.82) is 0 Å². The maximum atomic E-state index is 13.5. The van der Waals surface area contributed by atoms with Crippen LogP contribution in [0, 0.1) is 5.82 Å². The zero-order valence-electron chi connectivity index (χ0n) is 9.89. The zero-order valence-corrected chi connectivity index (χ0v) is 9.89. The molecule has 0 saturated carbocycles. The van der Waals surface area contributed by atoms with Gasteiger partial charge in [0.2, 0.25) is 0 Å². The number of methoxy groups -OCH3 is 1. The number of hydrogen-bond acceptors (Lipinski definition) is 4. The van der Waals surface area contributed by atoms with Gasteiger partial charge in [-0.05, 0) is 24.6 Å². The lowest BCUT2D eigenvalue weighted by Crippen LogP contribution is -2.22. The van der Waals surface area contributed by atoms with E-state index in [0.29, 0.717) is 5.56 Å². The van der Waals surface area contributed by atoms with Crippen molar-refractivity contribution < 1.29 is 24.1 Å². The van der Waals surface area contributed by atoms with E-state index in [-0.39, 0.29) is 19.0 Å². The minimum absolute atomic E-state index is 0.0429. The number of hydrogen-bond donors (Lipinski definition) is 2. The lowest BCUT2D eigenvalue weighted by Gasteiger charge is -2.13. The average molecular weight is 244 g/mol. The zero-order chi connectivity index (χ0) is 12.8. The molecule has 96 valence electrons. The smallest absolute Gasteiger partial charge is 0.165 e. The Labute approximate surface area is 99.6 Å². The van der Waals surface area contributed by atoms with Crippen LogP contribution in [0.25, 0.3) is 0 Å². The maximum Gasteiger partial charge on any atom is 0.165 e. The Morgan fingerprint density at radius 3 is 2.53 bits per heavy atom. The second-order valence-corrected chi connectivity index (χ2v) is 3.79. The molecule has 5 heteroatoms. The maximum absolute atomic E-state index is 13.5. The van der Waals surface area contributed by atoms with Gasteiger partial charge in [-0.25, -0.2) is 4.39 Å². The number of ether oxygens (including phenoxy) is 2. The first kappa shape index (κ1) is 13.9. The summed E-state index contributed by atoms with van der Waals surface area (Å²) in [6.07, 6.45) is -1.52. The van der Waals surface area contributed by atoms with Gasteiger partial charge < -0.3 is 19.7 Å². The largest absolute Gasteiger partial charge is 0.488 e. The van der Waals surface area contributed by atoms with Crippen LogP contribution in [-0.2, 0) is 4.74 Å². The van der Waals surface area contributed by atoms with Crippen molar-refractivity contribution in [1.82, 2.24) is 0 Å². The predicted molar refractivity (Wildman–Crippen MR) is 60.4 cm³/mol. The highest BCUT2D eigenvalue weighted by atomic mass is 19.1. The van der Waals surface area contributed by atoms with Gasteiger partial charge in [-0.2, -0.15) is 0 Å². The summed E-state index contributed by atoms with van der Waals surface area (Å²) < 4.78 is 23.3. The first-order valence-electron chi connectivity index (χ1n) is 5.32. The van der Waals surface area contributed by atoms with Gasteiger partial charge in [-0.15, -0.1) is 0 Å². The topological polar surface area (TPSA) is 58.9 Å². The van der Waals surface area contributed by atoms with Gasteiger partial charge in [0, 0.05) is 7.11 Å². The van der Waals surface area contributed by atoms with Crippen LogP contribution in [0.1, 0.15) is 18.6 Å². The van der Waals surface area contributed by atoms with E-state index in [1.807, 2.05) is 0 Å². The van der Waals surface area contributed by atoms with E-state index < -0.39 is 18.0 Å². The molecule has 0 aliphatic heterocycles. The fraction of sp³-hybridized carbons (Fsp3) is 0.500. The molecule has 4 nitrogen and oxygen atoms in total. The number of aliphatic hydroxyl groups excluding tert-OH is 2. The van der Waals surface area contributed by atoms with Gasteiger partial charge in [0.05, 0.1) is 12.7 Å². The van der Waals surface area contributed by atoms with Crippen molar-refractivity contribution >= 4 is 0 Å². The van der Waals surface area contributed by atoms with Gasteiger partial charge >= 0.3 is 0 Å². The van der Waals surface area contributed by atoms with Crippen LogP contribution in [0.15, 0.2) is 18.2 Å². The summed E-state index contributed by atoms with van der Waals surface area (Å²) >= 11 is 0. The highest BCUT2D eigenvalue weighted by Crippen LogP contribution is 2.22. The van der Waals surface area contributed by atoms with E-state index in [4.69, 9.17) is 9.47 Å². The molecule has 0 amide bonds. The van der Waals surface area contributed by atoms with Crippen molar-refractivity contribution in [3.63, 3.8) is 0 Å². The minimum atomic E-state index is -0.796. The minimum Gasteiger partial charge on any atom is -0.488 e. The fourth-order valence-electron chi connectivity index (χ4n) is 1.32. The number of aliphatic hydroxyl groups is 2. The Morgan fingerprint density at radius 1 is 1.29 bits per heavy atom. The highest BCUT2D eigenvalue weighted by Gasteiger charge is 2.10. The molecule has 1 aromatic rings. The Balaban J connectivity index is 2.60. The van der Waals surface area contributed by atoms with Crippen molar-refractivity contribution in [3.05, 3.63) is 29.6 Å². The van der Waals surface area contributed by atoms with Crippen LogP contribution in [0.4, 0.5) is 4.39 Å². The summed E-state index contributed by atoms with van der Waals surface area (Å²) in [6, 6.07) is 4.21. The second kappa shape index (κ2) is 6.54. The van der Waals surface area contributed by atoms with Crippen LogP contribution in [0.3, 0.4) is 0 Å². The monoisotopic (exact) mass is 244 g/mol. The van der Waals surface area contributed by atoms with Crippen molar-refractivity contribution in [2.75, 3.05) is 20.3 Å². The Hall–Kier alpha value is -1.17. The summed E-state index contributed by atoms with van der Waals surface area (Å²) in [7, 11) is 1.46. The Bertz CT molecular complexity index is 354. The molecule has 0 saturated heterocycles. The average Bonchev–Trinajstić information content (AvgIpc) is 2.27. The first-order chi connectivity index (χ1) is 8.04. The molecule has 0 aliphatic carbocycles. The molecule has 0 spiro atoms. The van der Waals surface area contributed by atoms with Gasteiger partial charge in [0.1, 0.15) is 12.7 Å². The van der Waals surface area contributed by atoms with Crippen molar-refractivity contribution in [2.45, 2.75) is 19.1 Å². The highest BCUT2D eigenvalue weighted by molar-refractivity contribution is 5.30. The lowest BCUT2D eigenvalue weighted by atomic mass is 10.1. The molecule has 0 heterocycles. The van der Waals surface area contributed by atoms with E-state index in [1.54, 1.807) is 13.0 Å². The molecule has 0 bridgehead atoms. The predicted octanol–water partition coefficient (Wildman–Crippen LogP) is 1.27. The van der Waals surface area contributed by atoms with E-state index >= 15 is 0 Å². The second-order valence-electron chi connectivity index (χ2n) is 3.79. The molecule has 2 N–H and O–H groups in total. The molecule has 1 rings (SSSR count). The standard InChI is InChI=1S/C12H17FO4/c1-8(14)9-3-4-12(11(13)5-9)17-7-10(15)6-16-2/h3-5,8,10,14-15H,6-7H2,1-2H3/t8-,10?/m1/s1. The van der Waals surface area contributed by atoms with E-state index in [9.17, 15) is 14.6 Å². The van der Waals surface area contributed by atoms with E-state index in [1.165, 1.54) is 19.2 Å². The van der Waals surface area contributed by atoms with Crippen molar-refractivity contribution in [2.24, 2.45) is 0 Å². The molecular weight excluding hydrogens is 227 g/mol.